The van der Waals surface area contributed by atoms with Gasteiger partial charge in [0.2, 0.25) is 0 Å². The molecular weight excluding hydrogens is 182 g/mol. The molecule has 13 heavy (non-hydrogen) atoms. The van der Waals surface area contributed by atoms with E-state index >= 15 is 0 Å². The summed E-state index contributed by atoms with van der Waals surface area (Å²) in [5.41, 5.74) is 0.781. The van der Waals surface area contributed by atoms with Gasteiger partial charge < -0.3 is 5.11 Å². The summed E-state index contributed by atoms with van der Waals surface area (Å²) in [6.07, 6.45) is 3.76. The first-order chi connectivity index (χ1) is 6.34. The summed E-state index contributed by atoms with van der Waals surface area (Å²) in [4.78, 5) is 4.19. The Balaban J connectivity index is 2.53. The van der Waals surface area contributed by atoms with Gasteiger partial charge in [-0.25, -0.2) is 0 Å². The SMILES string of the molecule is CSCC/N=C/c1ccccc1O. The van der Waals surface area contributed by atoms with Crippen molar-refractivity contribution in [2.45, 2.75) is 0 Å². The molecule has 70 valence electrons. The molecule has 1 aromatic carbocycles. The van der Waals surface area contributed by atoms with Gasteiger partial charge in [-0.2, -0.15) is 11.8 Å². The monoisotopic (exact) mass is 195 g/mol. The maximum Gasteiger partial charge on any atom is 0.124 e. The second kappa shape index (κ2) is 5.65. The molecular formula is C10H13NOS. The number of aromatic hydroxyl groups is 1. The predicted octanol–water partition coefficient (Wildman–Crippen LogP) is 2.17. The van der Waals surface area contributed by atoms with E-state index in [9.17, 15) is 5.11 Å². The molecule has 0 aliphatic carbocycles. The molecule has 0 amide bonds. The molecule has 0 saturated heterocycles. The average Bonchev–Trinajstić information content (AvgIpc) is 2.15. The molecule has 0 aliphatic heterocycles. The molecule has 1 N–H and O–H groups in total. The molecule has 1 aromatic rings. The van der Waals surface area contributed by atoms with Crippen LogP contribution in [0.2, 0.25) is 0 Å². The maximum absolute atomic E-state index is 9.37. The minimum absolute atomic E-state index is 0.287. The van der Waals surface area contributed by atoms with Crippen LogP contribution < -0.4 is 0 Å². The highest BCUT2D eigenvalue weighted by Gasteiger charge is 1.93. The molecule has 0 bridgehead atoms. The van der Waals surface area contributed by atoms with Crippen LogP contribution in [0.3, 0.4) is 0 Å². The molecule has 3 heteroatoms. The number of rotatable bonds is 4. The fraction of sp³-hybridized carbons (Fsp3) is 0.300. The number of hydrogen-bond donors (Lipinski definition) is 1. The lowest BCUT2D eigenvalue weighted by Gasteiger charge is -1.96. The topological polar surface area (TPSA) is 32.6 Å². The zero-order chi connectivity index (χ0) is 9.52. The van der Waals surface area contributed by atoms with Crippen molar-refractivity contribution >= 4 is 18.0 Å². The molecule has 1 rings (SSSR count). The Morgan fingerprint density at radius 1 is 1.46 bits per heavy atom. The van der Waals surface area contributed by atoms with E-state index in [1.54, 1.807) is 30.1 Å². The number of para-hydroxylation sites is 1. The highest BCUT2D eigenvalue weighted by Crippen LogP contribution is 2.12. The summed E-state index contributed by atoms with van der Waals surface area (Å²) in [6, 6.07) is 7.19. The lowest BCUT2D eigenvalue weighted by atomic mass is 10.2. The van der Waals surface area contributed by atoms with Crippen molar-refractivity contribution in [3.05, 3.63) is 29.8 Å². The standard InChI is InChI=1S/C10H13NOS/c1-13-7-6-11-8-9-4-2-3-5-10(9)12/h2-5,8,12H,6-7H2,1H3/b11-8+. The number of phenols is 1. The van der Waals surface area contributed by atoms with Crippen LogP contribution in [-0.2, 0) is 0 Å². The van der Waals surface area contributed by atoms with Crippen LogP contribution in [0.25, 0.3) is 0 Å². The Bertz CT molecular complexity index is 286. The Morgan fingerprint density at radius 2 is 2.23 bits per heavy atom. The van der Waals surface area contributed by atoms with Crippen molar-refractivity contribution in [3.63, 3.8) is 0 Å². The van der Waals surface area contributed by atoms with Gasteiger partial charge in [-0.1, -0.05) is 12.1 Å². The third kappa shape index (κ3) is 3.51. The number of nitrogens with zero attached hydrogens (tertiary/aromatic N) is 1. The number of benzene rings is 1. The van der Waals surface area contributed by atoms with Crippen LogP contribution in [0, 0.1) is 0 Å². The van der Waals surface area contributed by atoms with Gasteiger partial charge in [-0.3, -0.25) is 4.99 Å². The molecule has 0 unspecified atom stereocenters. The molecule has 0 atom stereocenters. The van der Waals surface area contributed by atoms with Crippen LogP contribution in [0.5, 0.6) is 5.75 Å². The molecule has 0 radical (unpaired) electrons. The quantitative estimate of drug-likeness (QED) is 0.590. The van der Waals surface area contributed by atoms with Crippen LogP contribution in [0.4, 0.5) is 0 Å². The second-order valence-electron chi connectivity index (χ2n) is 2.59. The number of thioether (sulfide) groups is 1. The van der Waals surface area contributed by atoms with Crippen LogP contribution in [0.15, 0.2) is 29.3 Å². The highest BCUT2D eigenvalue weighted by atomic mass is 32.2. The van der Waals surface area contributed by atoms with Gasteiger partial charge in [-0.05, 0) is 18.4 Å². The van der Waals surface area contributed by atoms with Gasteiger partial charge in [0.25, 0.3) is 0 Å². The minimum Gasteiger partial charge on any atom is -0.507 e. The first-order valence-corrected chi connectivity index (χ1v) is 5.50. The summed E-state index contributed by atoms with van der Waals surface area (Å²) < 4.78 is 0. The smallest absolute Gasteiger partial charge is 0.124 e. The van der Waals surface area contributed by atoms with Gasteiger partial charge >= 0.3 is 0 Å². The van der Waals surface area contributed by atoms with Crippen LogP contribution in [0.1, 0.15) is 5.56 Å². The average molecular weight is 195 g/mol. The van der Waals surface area contributed by atoms with E-state index in [2.05, 4.69) is 11.2 Å². The maximum atomic E-state index is 9.37. The van der Waals surface area contributed by atoms with Crippen LogP contribution in [-0.4, -0.2) is 29.9 Å². The Labute approximate surface area is 82.7 Å². The minimum atomic E-state index is 0.287. The zero-order valence-electron chi connectivity index (χ0n) is 7.60. The summed E-state index contributed by atoms with van der Waals surface area (Å²) in [5, 5.41) is 9.37. The lowest BCUT2D eigenvalue weighted by Crippen LogP contribution is -1.87. The highest BCUT2D eigenvalue weighted by molar-refractivity contribution is 7.98. The predicted molar refractivity (Wildman–Crippen MR) is 58.9 cm³/mol. The van der Waals surface area contributed by atoms with Crippen molar-refractivity contribution in [1.29, 1.82) is 0 Å². The fourth-order valence-electron chi connectivity index (χ4n) is 0.904. The van der Waals surface area contributed by atoms with E-state index in [0.717, 1.165) is 17.9 Å². The van der Waals surface area contributed by atoms with Crippen molar-refractivity contribution < 1.29 is 5.11 Å². The van der Waals surface area contributed by atoms with Gasteiger partial charge in [0, 0.05) is 24.1 Å². The summed E-state index contributed by atoms with van der Waals surface area (Å²) >= 11 is 1.76. The van der Waals surface area contributed by atoms with Crippen LogP contribution >= 0.6 is 11.8 Å². The second-order valence-corrected chi connectivity index (χ2v) is 3.57. The largest absolute Gasteiger partial charge is 0.507 e. The number of phenolic OH excluding ortho intramolecular Hbond substituents is 1. The van der Waals surface area contributed by atoms with E-state index in [1.165, 1.54) is 0 Å². The van der Waals surface area contributed by atoms with Gasteiger partial charge in [-0.15, -0.1) is 0 Å². The third-order valence-electron chi connectivity index (χ3n) is 1.59. The van der Waals surface area contributed by atoms with Crippen molar-refractivity contribution in [1.82, 2.24) is 0 Å². The molecule has 0 saturated carbocycles. The van der Waals surface area contributed by atoms with E-state index < -0.39 is 0 Å². The third-order valence-corrected chi connectivity index (χ3v) is 2.18. The first-order valence-electron chi connectivity index (χ1n) is 4.11. The number of hydrogen-bond acceptors (Lipinski definition) is 3. The molecule has 0 aromatic heterocycles. The van der Waals surface area contributed by atoms with Gasteiger partial charge in [0.05, 0.1) is 0 Å². The van der Waals surface area contributed by atoms with Crippen molar-refractivity contribution in [2.24, 2.45) is 4.99 Å². The van der Waals surface area contributed by atoms with Gasteiger partial charge in [0.1, 0.15) is 5.75 Å². The van der Waals surface area contributed by atoms with E-state index in [1.807, 2.05) is 12.1 Å². The van der Waals surface area contributed by atoms with Gasteiger partial charge in [0.15, 0.2) is 0 Å². The lowest BCUT2D eigenvalue weighted by molar-refractivity contribution is 0.474. The Kier molecular flexibility index (Phi) is 4.40. The molecule has 0 spiro atoms. The Hall–Kier alpha value is -0.960. The number of aliphatic imine (C=N–C) groups is 1. The summed E-state index contributed by atoms with van der Waals surface area (Å²) in [7, 11) is 0. The zero-order valence-corrected chi connectivity index (χ0v) is 8.42. The summed E-state index contributed by atoms with van der Waals surface area (Å²) in [5.74, 6) is 1.31. The summed E-state index contributed by atoms with van der Waals surface area (Å²) in [6.45, 7) is 0.801. The molecule has 0 heterocycles. The Morgan fingerprint density at radius 3 is 2.92 bits per heavy atom. The van der Waals surface area contributed by atoms with Crippen molar-refractivity contribution in [2.75, 3.05) is 18.6 Å². The van der Waals surface area contributed by atoms with E-state index in [-0.39, 0.29) is 5.75 Å². The first kappa shape index (κ1) is 10.1. The molecule has 0 aliphatic rings. The molecule has 0 fully saturated rings. The normalized spacial score (nSPS) is 10.8. The fourth-order valence-corrected chi connectivity index (χ4v) is 1.19. The van der Waals surface area contributed by atoms with E-state index in [4.69, 9.17) is 0 Å². The van der Waals surface area contributed by atoms with Crippen molar-refractivity contribution in [3.8, 4) is 5.75 Å². The van der Waals surface area contributed by atoms with E-state index in [0.29, 0.717) is 0 Å². The molecule has 2 nitrogen and oxygen atoms in total.